The Kier molecular flexibility index (Phi) is 8.17. The molecule has 3 N–H and O–H groups in total. The molecule has 0 aliphatic carbocycles. The van der Waals surface area contributed by atoms with Crippen LogP contribution in [0.2, 0.25) is 0 Å². The summed E-state index contributed by atoms with van der Waals surface area (Å²) in [5, 5.41) is 15.8. The zero-order chi connectivity index (χ0) is 26.4. The van der Waals surface area contributed by atoms with Gasteiger partial charge in [-0.05, 0) is 43.5 Å². The van der Waals surface area contributed by atoms with Crippen LogP contribution in [0.15, 0.2) is 48.7 Å². The van der Waals surface area contributed by atoms with Crippen molar-refractivity contribution in [2.45, 2.75) is 25.8 Å². The van der Waals surface area contributed by atoms with Gasteiger partial charge in [-0.1, -0.05) is 12.1 Å². The summed E-state index contributed by atoms with van der Waals surface area (Å²) in [5.41, 5.74) is 1.63. The third kappa shape index (κ3) is 6.14. The van der Waals surface area contributed by atoms with Gasteiger partial charge in [0.15, 0.2) is 11.5 Å². The number of phenols is 1. The minimum atomic E-state index is -0.158. The number of rotatable bonds is 9. The fourth-order valence-corrected chi connectivity index (χ4v) is 4.44. The maximum atomic E-state index is 13.0. The smallest absolute Gasteiger partial charge is 0.229 e. The van der Waals surface area contributed by atoms with Crippen molar-refractivity contribution >= 4 is 23.4 Å². The third-order valence-corrected chi connectivity index (χ3v) is 6.43. The normalized spacial score (nSPS) is 16.0. The first kappa shape index (κ1) is 25.9. The molecule has 0 spiro atoms. The van der Waals surface area contributed by atoms with E-state index in [4.69, 9.17) is 19.2 Å². The number of nitrogens with zero attached hydrogens (tertiary/aromatic N) is 3. The van der Waals surface area contributed by atoms with Crippen molar-refractivity contribution in [3.8, 4) is 23.0 Å². The number of benzene rings is 2. The van der Waals surface area contributed by atoms with Crippen molar-refractivity contribution in [3.05, 3.63) is 54.2 Å². The number of hydrogen-bond acceptors (Lipinski definition) is 9. The Bertz CT molecular complexity index is 1200. The van der Waals surface area contributed by atoms with E-state index in [1.54, 1.807) is 51.8 Å². The quantitative estimate of drug-likeness (QED) is 0.394. The number of aromatic hydroxyl groups is 1. The second-order valence-electron chi connectivity index (χ2n) is 8.88. The van der Waals surface area contributed by atoms with Crippen LogP contribution < -0.4 is 29.7 Å². The van der Waals surface area contributed by atoms with Crippen LogP contribution in [0.1, 0.15) is 31.4 Å². The summed E-state index contributed by atoms with van der Waals surface area (Å²) >= 11 is 0. The van der Waals surface area contributed by atoms with Crippen LogP contribution in [0.25, 0.3) is 0 Å². The highest BCUT2D eigenvalue weighted by atomic mass is 16.5. The molecule has 196 valence electrons. The lowest BCUT2D eigenvalue weighted by Gasteiger charge is -2.33. The predicted molar refractivity (Wildman–Crippen MR) is 141 cm³/mol. The van der Waals surface area contributed by atoms with Gasteiger partial charge < -0.3 is 34.9 Å². The maximum Gasteiger partial charge on any atom is 0.229 e. The van der Waals surface area contributed by atoms with E-state index in [1.165, 1.54) is 0 Å². The van der Waals surface area contributed by atoms with E-state index < -0.39 is 0 Å². The van der Waals surface area contributed by atoms with Gasteiger partial charge in [-0.2, -0.15) is 4.98 Å². The molecule has 0 radical (unpaired) electrons. The number of carbonyl (C=O) groups is 1. The Hall–Kier alpha value is -4.21. The topological polar surface area (TPSA) is 118 Å². The summed E-state index contributed by atoms with van der Waals surface area (Å²) < 4.78 is 16.2. The third-order valence-electron chi connectivity index (χ3n) is 6.43. The molecule has 4 rings (SSSR count). The van der Waals surface area contributed by atoms with E-state index in [9.17, 15) is 9.90 Å². The molecular weight excluding hydrogens is 474 g/mol. The molecular formula is C27H33N5O5. The summed E-state index contributed by atoms with van der Waals surface area (Å²) in [6.07, 6.45) is 3.39. The number of aromatic nitrogens is 2. The maximum absolute atomic E-state index is 13.0. The first-order chi connectivity index (χ1) is 17.9. The molecule has 2 heterocycles. The van der Waals surface area contributed by atoms with Crippen LogP contribution in [-0.2, 0) is 4.79 Å². The fourth-order valence-electron chi connectivity index (χ4n) is 4.44. The number of amides is 1. The van der Waals surface area contributed by atoms with Crippen LogP contribution in [0.4, 0.5) is 17.5 Å². The number of nitrogens with one attached hydrogen (secondary N) is 2. The van der Waals surface area contributed by atoms with Crippen LogP contribution in [0.3, 0.4) is 0 Å². The minimum absolute atomic E-state index is 0.00935. The van der Waals surface area contributed by atoms with Gasteiger partial charge in [-0.25, -0.2) is 4.98 Å². The average molecular weight is 508 g/mol. The molecule has 1 amide bonds. The lowest BCUT2D eigenvalue weighted by atomic mass is 9.96. The molecule has 2 aromatic carbocycles. The first-order valence-corrected chi connectivity index (χ1v) is 12.2. The standard InChI is InChI=1S/C27H33N5O5/c1-17(18-7-9-21(33)10-8-18)29-26(34)19-6-5-13-32(16-19)24-11-12-28-27(31-24)30-20-14-22(35-2)25(37-4)23(15-20)36-3/h7-12,14-15,17,19,33H,5-6,13,16H2,1-4H3,(H,29,34)(H,28,30,31). The SMILES string of the molecule is COc1cc(Nc2nccc(N3CCCC(C(=O)NC(C)c4ccc(O)cc4)C3)n2)cc(OC)c1OC. The number of phenolic OH excluding ortho intramolecular Hbond substituents is 1. The van der Waals surface area contributed by atoms with Gasteiger partial charge in [0, 0.05) is 37.1 Å². The van der Waals surface area contributed by atoms with Crippen molar-refractivity contribution in [2.75, 3.05) is 44.6 Å². The second-order valence-corrected chi connectivity index (χ2v) is 8.88. The van der Waals surface area contributed by atoms with Crippen molar-refractivity contribution in [1.29, 1.82) is 0 Å². The summed E-state index contributed by atoms with van der Waals surface area (Å²) in [6, 6.07) is 12.1. The summed E-state index contributed by atoms with van der Waals surface area (Å²) in [5.74, 6) is 2.76. The van der Waals surface area contributed by atoms with Gasteiger partial charge in [-0.15, -0.1) is 0 Å². The number of carbonyl (C=O) groups excluding carboxylic acids is 1. The van der Waals surface area contributed by atoms with Gasteiger partial charge in [0.1, 0.15) is 11.6 Å². The van der Waals surface area contributed by atoms with Crippen molar-refractivity contribution in [3.63, 3.8) is 0 Å². The predicted octanol–water partition coefficient (Wildman–Crippen LogP) is 4.05. The van der Waals surface area contributed by atoms with Crippen molar-refractivity contribution < 1.29 is 24.1 Å². The Morgan fingerprint density at radius 3 is 2.43 bits per heavy atom. The summed E-state index contributed by atoms with van der Waals surface area (Å²) in [6.45, 7) is 3.31. The largest absolute Gasteiger partial charge is 0.508 e. The molecule has 0 saturated carbocycles. The molecule has 10 nitrogen and oxygen atoms in total. The molecule has 2 atom stereocenters. The number of anilines is 3. The lowest BCUT2D eigenvalue weighted by Crippen LogP contribution is -2.44. The first-order valence-electron chi connectivity index (χ1n) is 12.2. The Balaban J connectivity index is 1.44. The number of ether oxygens (including phenoxy) is 3. The Labute approximate surface area is 216 Å². The number of methoxy groups -OCH3 is 3. The van der Waals surface area contributed by atoms with Crippen LogP contribution >= 0.6 is 0 Å². The molecule has 3 aromatic rings. The molecule has 1 aliphatic heterocycles. The van der Waals surface area contributed by atoms with Gasteiger partial charge >= 0.3 is 0 Å². The lowest BCUT2D eigenvalue weighted by molar-refractivity contribution is -0.125. The molecule has 1 aromatic heterocycles. The van der Waals surface area contributed by atoms with Crippen molar-refractivity contribution in [2.24, 2.45) is 5.92 Å². The molecule has 10 heteroatoms. The summed E-state index contributed by atoms with van der Waals surface area (Å²) in [4.78, 5) is 24.2. The fraction of sp³-hybridized carbons (Fsp3) is 0.370. The van der Waals surface area contributed by atoms with Gasteiger partial charge in [0.2, 0.25) is 17.6 Å². The molecule has 0 bridgehead atoms. The van der Waals surface area contributed by atoms with E-state index in [1.807, 2.05) is 25.1 Å². The molecule has 1 fully saturated rings. The van der Waals surface area contributed by atoms with Gasteiger partial charge in [0.05, 0.1) is 33.3 Å². The highest BCUT2D eigenvalue weighted by molar-refractivity contribution is 5.80. The van der Waals surface area contributed by atoms with E-state index in [0.29, 0.717) is 35.4 Å². The molecule has 37 heavy (non-hydrogen) atoms. The molecule has 1 aliphatic rings. The van der Waals surface area contributed by atoms with Crippen LogP contribution in [0.5, 0.6) is 23.0 Å². The Morgan fingerprint density at radius 1 is 1.08 bits per heavy atom. The minimum Gasteiger partial charge on any atom is -0.508 e. The zero-order valence-electron chi connectivity index (χ0n) is 21.5. The van der Waals surface area contributed by atoms with Crippen molar-refractivity contribution in [1.82, 2.24) is 15.3 Å². The Morgan fingerprint density at radius 2 is 1.78 bits per heavy atom. The average Bonchev–Trinajstić information content (AvgIpc) is 2.93. The second kappa shape index (κ2) is 11.7. The monoisotopic (exact) mass is 507 g/mol. The van der Waals surface area contributed by atoms with Crippen LogP contribution in [0, 0.1) is 5.92 Å². The van der Waals surface area contributed by atoms with E-state index in [-0.39, 0.29) is 23.6 Å². The van der Waals surface area contributed by atoms with Crippen LogP contribution in [-0.4, -0.2) is 55.4 Å². The summed E-state index contributed by atoms with van der Waals surface area (Å²) in [7, 11) is 4.68. The van der Waals surface area contributed by atoms with E-state index >= 15 is 0 Å². The number of hydrogen-bond donors (Lipinski definition) is 3. The zero-order valence-corrected chi connectivity index (χ0v) is 21.5. The molecule has 2 unspecified atom stereocenters. The van der Waals surface area contributed by atoms with Gasteiger partial charge in [-0.3, -0.25) is 4.79 Å². The molecule has 1 saturated heterocycles. The van der Waals surface area contributed by atoms with E-state index in [0.717, 1.165) is 30.8 Å². The highest BCUT2D eigenvalue weighted by Crippen LogP contribution is 2.40. The van der Waals surface area contributed by atoms with E-state index in [2.05, 4.69) is 20.5 Å². The van der Waals surface area contributed by atoms with Gasteiger partial charge in [0.25, 0.3) is 0 Å². The highest BCUT2D eigenvalue weighted by Gasteiger charge is 2.28. The number of piperidine rings is 1.